The smallest absolute Gasteiger partial charge is 0.283 e. The van der Waals surface area contributed by atoms with Gasteiger partial charge in [0.25, 0.3) is 5.56 Å². The first-order chi connectivity index (χ1) is 15.1. The van der Waals surface area contributed by atoms with Crippen LogP contribution >= 0.6 is 11.8 Å². The third kappa shape index (κ3) is 4.54. The zero-order chi connectivity index (χ0) is 21.8. The highest BCUT2D eigenvalue weighted by Gasteiger charge is 2.22. The summed E-state index contributed by atoms with van der Waals surface area (Å²) in [7, 11) is 1.66. The fraction of sp³-hybridized carbons (Fsp3) is 0.348. The van der Waals surface area contributed by atoms with Crippen molar-refractivity contribution in [3.05, 3.63) is 58.9 Å². The van der Waals surface area contributed by atoms with Crippen LogP contribution in [0.4, 0.5) is 5.69 Å². The van der Waals surface area contributed by atoms with Crippen molar-refractivity contribution in [2.24, 2.45) is 0 Å². The molecule has 1 aromatic heterocycles. The Labute approximate surface area is 185 Å². The van der Waals surface area contributed by atoms with Gasteiger partial charge in [-0.1, -0.05) is 30.0 Å². The number of ether oxygens (including phenoxy) is 1. The van der Waals surface area contributed by atoms with Crippen LogP contribution in [0, 0.1) is 0 Å². The number of aromatic nitrogens is 2. The topological polar surface area (TPSA) is 67.7 Å². The summed E-state index contributed by atoms with van der Waals surface area (Å²) in [5.74, 6) is 1.07. The fourth-order valence-corrected chi connectivity index (χ4v) is 4.66. The number of aryl methyl sites for hydroxylation is 1. The van der Waals surface area contributed by atoms with Gasteiger partial charge in [0, 0.05) is 44.5 Å². The second-order valence-electron chi connectivity index (χ2n) is 7.31. The number of anilines is 1. The Morgan fingerprint density at radius 3 is 2.61 bits per heavy atom. The first-order valence-corrected chi connectivity index (χ1v) is 11.4. The molecule has 2 aromatic carbocycles. The van der Waals surface area contributed by atoms with Gasteiger partial charge in [0.1, 0.15) is 5.75 Å². The molecule has 31 heavy (non-hydrogen) atoms. The lowest BCUT2D eigenvalue weighted by Gasteiger charge is -2.36. The standard InChI is InChI=1S/C23H26N4O3S/c1-3-27-20-10-5-4-9-19(20)24-22(23(27)29)31-16-21(28)26-13-11-25(12-14-26)17-7-6-8-18(15-17)30-2/h4-10,15H,3,11-14,16H2,1-2H3. The van der Waals surface area contributed by atoms with E-state index in [0.29, 0.717) is 24.7 Å². The molecule has 0 radical (unpaired) electrons. The Bertz CT molecular complexity index is 1140. The van der Waals surface area contributed by atoms with Crippen LogP contribution in [0.1, 0.15) is 6.92 Å². The summed E-state index contributed by atoms with van der Waals surface area (Å²) in [4.78, 5) is 34.2. The van der Waals surface area contributed by atoms with E-state index in [0.717, 1.165) is 35.6 Å². The summed E-state index contributed by atoms with van der Waals surface area (Å²) >= 11 is 1.23. The van der Waals surface area contributed by atoms with Gasteiger partial charge in [-0.05, 0) is 31.2 Å². The van der Waals surface area contributed by atoms with Gasteiger partial charge in [-0.2, -0.15) is 0 Å². The van der Waals surface area contributed by atoms with Gasteiger partial charge in [0.2, 0.25) is 5.91 Å². The molecule has 4 rings (SSSR count). The second-order valence-corrected chi connectivity index (χ2v) is 8.28. The van der Waals surface area contributed by atoms with Gasteiger partial charge in [0.15, 0.2) is 5.03 Å². The van der Waals surface area contributed by atoms with Gasteiger partial charge in [0.05, 0.1) is 23.9 Å². The van der Waals surface area contributed by atoms with E-state index in [4.69, 9.17) is 4.74 Å². The van der Waals surface area contributed by atoms with Crippen LogP contribution in [0.2, 0.25) is 0 Å². The molecular formula is C23H26N4O3S. The van der Waals surface area contributed by atoms with E-state index in [1.165, 1.54) is 11.8 Å². The normalized spacial score (nSPS) is 14.1. The molecule has 0 bridgehead atoms. The van der Waals surface area contributed by atoms with Crippen molar-refractivity contribution < 1.29 is 9.53 Å². The van der Waals surface area contributed by atoms with E-state index < -0.39 is 0 Å². The summed E-state index contributed by atoms with van der Waals surface area (Å²) in [5, 5.41) is 0.379. The van der Waals surface area contributed by atoms with Crippen molar-refractivity contribution >= 4 is 34.4 Å². The number of thioether (sulfide) groups is 1. The molecule has 1 amide bonds. The van der Waals surface area contributed by atoms with Crippen LogP contribution < -0.4 is 15.2 Å². The van der Waals surface area contributed by atoms with E-state index in [1.807, 2.05) is 54.3 Å². The first-order valence-electron chi connectivity index (χ1n) is 10.4. The zero-order valence-corrected chi connectivity index (χ0v) is 18.6. The van der Waals surface area contributed by atoms with Gasteiger partial charge in [-0.25, -0.2) is 4.98 Å². The fourth-order valence-electron chi connectivity index (χ4n) is 3.82. The monoisotopic (exact) mass is 438 g/mol. The van der Waals surface area contributed by atoms with E-state index in [2.05, 4.69) is 16.0 Å². The molecule has 0 atom stereocenters. The number of carbonyl (C=O) groups is 1. The van der Waals surface area contributed by atoms with E-state index in [1.54, 1.807) is 11.7 Å². The van der Waals surface area contributed by atoms with Crippen molar-refractivity contribution in [2.45, 2.75) is 18.5 Å². The predicted octanol–water partition coefficient (Wildman–Crippen LogP) is 2.87. The molecule has 0 saturated carbocycles. The lowest BCUT2D eigenvalue weighted by atomic mass is 10.2. The lowest BCUT2D eigenvalue weighted by molar-refractivity contribution is -0.128. The maximum Gasteiger partial charge on any atom is 0.283 e. The summed E-state index contributed by atoms with van der Waals surface area (Å²) in [6.07, 6.45) is 0. The van der Waals surface area contributed by atoms with Gasteiger partial charge >= 0.3 is 0 Å². The van der Waals surface area contributed by atoms with Gasteiger partial charge < -0.3 is 19.1 Å². The van der Waals surface area contributed by atoms with Crippen LogP contribution in [0.5, 0.6) is 5.75 Å². The second kappa shape index (κ2) is 9.43. The minimum absolute atomic E-state index is 0.0349. The molecular weight excluding hydrogens is 412 g/mol. The van der Waals surface area contributed by atoms with Crippen molar-refractivity contribution in [3.8, 4) is 5.75 Å². The number of methoxy groups -OCH3 is 1. The third-order valence-electron chi connectivity index (χ3n) is 5.52. The van der Waals surface area contributed by atoms with E-state index >= 15 is 0 Å². The highest BCUT2D eigenvalue weighted by Crippen LogP contribution is 2.23. The summed E-state index contributed by atoms with van der Waals surface area (Å²) in [5.41, 5.74) is 2.55. The average molecular weight is 439 g/mol. The molecule has 1 aliphatic heterocycles. The molecule has 0 spiro atoms. The third-order valence-corrected chi connectivity index (χ3v) is 6.45. The first kappa shape index (κ1) is 21.2. The van der Waals surface area contributed by atoms with Gasteiger partial charge in [-0.15, -0.1) is 0 Å². The molecule has 0 N–H and O–H groups in total. The van der Waals surface area contributed by atoms with Crippen LogP contribution in [-0.2, 0) is 11.3 Å². The maximum absolute atomic E-state index is 12.8. The Hall–Kier alpha value is -3.00. The lowest BCUT2D eigenvalue weighted by Crippen LogP contribution is -2.49. The molecule has 7 nitrogen and oxygen atoms in total. The van der Waals surface area contributed by atoms with Crippen molar-refractivity contribution in [2.75, 3.05) is 43.9 Å². The number of para-hydroxylation sites is 2. The van der Waals surface area contributed by atoms with Crippen LogP contribution in [0.25, 0.3) is 11.0 Å². The Morgan fingerprint density at radius 1 is 1.10 bits per heavy atom. The Morgan fingerprint density at radius 2 is 1.87 bits per heavy atom. The average Bonchev–Trinajstić information content (AvgIpc) is 2.82. The minimum Gasteiger partial charge on any atom is -0.497 e. The van der Waals surface area contributed by atoms with Crippen molar-refractivity contribution in [1.29, 1.82) is 0 Å². The highest BCUT2D eigenvalue weighted by atomic mass is 32.2. The van der Waals surface area contributed by atoms with Crippen LogP contribution in [0.3, 0.4) is 0 Å². The quantitative estimate of drug-likeness (QED) is 0.552. The molecule has 0 aliphatic carbocycles. The minimum atomic E-state index is -0.137. The molecule has 1 fully saturated rings. The number of benzene rings is 2. The summed E-state index contributed by atoms with van der Waals surface area (Å²) in [6.45, 7) is 5.34. The number of rotatable bonds is 6. The van der Waals surface area contributed by atoms with Crippen LogP contribution in [-0.4, -0.2) is 59.4 Å². The molecule has 0 unspecified atom stereocenters. The molecule has 8 heteroatoms. The zero-order valence-electron chi connectivity index (χ0n) is 17.8. The van der Waals surface area contributed by atoms with Crippen molar-refractivity contribution in [3.63, 3.8) is 0 Å². The molecule has 3 aromatic rings. The Kier molecular flexibility index (Phi) is 6.46. The largest absolute Gasteiger partial charge is 0.497 e. The maximum atomic E-state index is 12.8. The van der Waals surface area contributed by atoms with E-state index in [-0.39, 0.29) is 17.2 Å². The van der Waals surface area contributed by atoms with Crippen LogP contribution in [0.15, 0.2) is 58.4 Å². The number of hydrogen-bond acceptors (Lipinski definition) is 6. The number of carbonyl (C=O) groups excluding carboxylic acids is 1. The molecule has 162 valence electrons. The molecule has 1 saturated heterocycles. The highest BCUT2D eigenvalue weighted by molar-refractivity contribution is 7.99. The predicted molar refractivity (Wildman–Crippen MR) is 124 cm³/mol. The van der Waals surface area contributed by atoms with Gasteiger partial charge in [-0.3, -0.25) is 9.59 Å². The SMILES string of the molecule is CCn1c(=O)c(SCC(=O)N2CCN(c3cccc(OC)c3)CC2)nc2ccccc21. The number of hydrogen-bond donors (Lipinski definition) is 0. The molecule has 1 aliphatic rings. The summed E-state index contributed by atoms with van der Waals surface area (Å²) in [6, 6.07) is 15.6. The number of piperazine rings is 1. The number of amides is 1. The van der Waals surface area contributed by atoms with E-state index in [9.17, 15) is 9.59 Å². The molecule has 2 heterocycles. The number of nitrogens with zero attached hydrogens (tertiary/aromatic N) is 4. The van der Waals surface area contributed by atoms with Crippen molar-refractivity contribution in [1.82, 2.24) is 14.5 Å². The Balaban J connectivity index is 1.39. The number of fused-ring (bicyclic) bond motifs is 1. The summed E-state index contributed by atoms with van der Waals surface area (Å²) < 4.78 is 7.02.